The monoisotopic (exact) mass is 416 g/mol. The van der Waals surface area contributed by atoms with Gasteiger partial charge in [-0.3, -0.25) is 4.68 Å². The molecule has 0 bridgehead atoms. The summed E-state index contributed by atoms with van der Waals surface area (Å²) < 4.78 is 7.11. The third-order valence-corrected chi connectivity index (χ3v) is 4.99. The number of nitrogen functional groups attached to an aromatic ring is 1. The second-order valence-corrected chi connectivity index (χ2v) is 6.97. The van der Waals surface area contributed by atoms with Crippen molar-refractivity contribution in [1.82, 2.24) is 19.7 Å². The van der Waals surface area contributed by atoms with Crippen molar-refractivity contribution in [3.05, 3.63) is 60.4 Å². The van der Waals surface area contributed by atoms with Crippen molar-refractivity contribution in [1.29, 1.82) is 5.41 Å². The van der Waals surface area contributed by atoms with Gasteiger partial charge in [-0.25, -0.2) is 4.98 Å². The van der Waals surface area contributed by atoms with Crippen LogP contribution in [0.2, 0.25) is 0 Å². The first-order valence-electron chi connectivity index (χ1n) is 9.78. The molecule has 4 N–H and O–H groups in total. The molecule has 0 amide bonds. The molecule has 0 atom stereocenters. The summed E-state index contributed by atoms with van der Waals surface area (Å²) in [6.45, 7) is 1.02. The fourth-order valence-corrected chi connectivity index (χ4v) is 3.41. The number of aryl methyl sites for hydroxylation is 1. The topological polar surface area (TPSA) is 118 Å². The van der Waals surface area contributed by atoms with Crippen molar-refractivity contribution in [2.24, 2.45) is 7.05 Å². The van der Waals surface area contributed by atoms with Crippen molar-refractivity contribution < 1.29 is 4.74 Å². The maximum absolute atomic E-state index is 7.80. The van der Waals surface area contributed by atoms with E-state index in [-0.39, 0.29) is 0 Å². The third kappa shape index (κ3) is 4.17. The summed E-state index contributed by atoms with van der Waals surface area (Å²) >= 11 is 0. The lowest BCUT2D eigenvalue weighted by Crippen LogP contribution is -2.24. The largest absolute Gasteiger partial charge is 0.398 e. The van der Waals surface area contributed by atoms with E-state index in [2.05, 4.69) is 15.4 Å². The van der Waals surface area contributed by atoms with E-state index in [1.165, 1.54) is 6.21 Å². The number of methoxy groups -OCH3 is 1. The van der Waals surface area contributed by atoms with Gasteiger partial charge in [0.25, 0.3) is 0 Å². The quantitative estimate of drug-likeness (QED) is 0.297. The molecule has 9 nitrogen and oxygen atoms in total. The number of fused-ring (bicyclic) bond motifs is 1. The lowest BCUT2D eigenvalue weighted by molar-refractivity contribution is 0.207. The van der Waals surface area contributed by atoms with E-state index in [9.17, 15) is 0 Å². The SMILES string of the molecule is COCCN(c1ccnc(Nc2ccc3cnn(C)c3c2)n1)c1cccc(N)c1C=N. The van der Waals surface area contributed by atoms with E-state index in [1.807, 2.05) is 59.2 Å². The van der Waals surface area contributed by atoms with Crippen LogP contribution in [0.25, 0.3) is 10.9 Å². The summed E-state index contributed by atoms with van der Waals surface area (Å²) in [6, 6.07) is 13.4. The van der Waals surface area contributed by atoms with Gasteiger partial charge in [-0.1, -0.05) is 6.07 Å². The van der Waals surface area contributed by atoms with Crippen LogP contribution in [-0.4, -0.2) is 46.2 Å². The molecule has 2 heterocycles. The van der Waals surface area contributed by atoms with Crippen LogP contribution in [0.1, 0.15) is 5.56 Å². The molecule has 0 saturated carbocycles. The van der Waals surface area contributed by atoms with Crippen molar-refractivity contribution in [3.63, 3.8) is 0 Å². The number of hydrogen-bond donors (Lipinski definition) is 3. The predicted octanol–water partition coefficient (Wildman–Crippen LogP) is 3.47. The highest BCUT2D eigenvalue weighted by atomic mass is 16.5. The molecule has 9 heteroatoms. The number of ether oxygens (including phenoxy) is 1. The first-order chi connectivity index (χ1) is 15.1. The average molecular weight is 416 g/mol. The Hall–Kier alpha value is -3.98. The standard InChI is InChI=1S/C22H24N8O/c1-29-20-12-16(7-6-15(20)14-26-29)27-22-25-9-8-21(28-22)30(10-11-31-2)19-5-3-4-18(24)17(19)13-23/h3-9,12-14,23H,10-11,24H2,1-2H3,(H,25,27,28). The minimum atomic E-state index is 0.460. The molecule has 0 aliphatic heterocycles. The van der Waals surface area contributed by atoms with Crippen LogP contribution in [-0.2, 0) is 11.8 Å². The molecule has 31 heavy (non-hydrogen) atoms. The van der Waals surface area contributed by atoms with Crippen LogP contribution >= 0.6 is 0 Å². The summed E-state index contributed by atoms with van der Waals surface area (Å²) in [5.41, 5.74) is 9.92. The van der Waals surface area contributed by atoms with Crippen LogP contribution in [0.5, 0.6) is 0 Å². The lowest BCUT2D eigenvalue weighted by Gasteiger charge is -2.26. The van der Waals surface area contributed by atoms with Crippen molar-refractivity contribution in [2.45, 2.75) is 0 Å². The molecular weight excluding hydrogens is 392 g/mol. The fraction of sp³-hybridized carbons (Fsp3) is 0.182. The van der Waals surface area contributed by atoms with Gasteiger partial charge in [-0.15, -0.1) is 0 Å². The van der Waals surface area contributed by atoms with Gasteiger partial charge in [0.05, 0.1) is 24.0 Å². The van der Waals surface area contributed by atoms with Crippen molar-refractivity contribution in [2.75, 3.05) is 36.2 Å². The number of aromatic nitrogens is 4. The fourth-order valence-electron chi connectivity index (χ4n) is 3.41. The Morgan fingerprint density at radius 1 is 1.26 bits per heavy atom. The summed E-state index contributed by atoms with van der Waals surface area (Å²) in [4.78, 5) is 11.0. The molecular formula is C22H24N8O. The highest BCUT2D eigenvalue weighted by Gasteiger charge is 2.16. The molecule has 2 aromatic heterocycles. The zero-order valence-electron chi connectivity index (χ0n) is 17.4. The zero-order chi connectivity index (χ0) is 21.8. The number of nitrogens with zero attached hydrogens (tertiary/aromatic N) is 5. The van der Waals surface area contributed by atoms with Gasteiger partial charge in [0, 0.05) is 55.4 Å². The minimum absolute atomic E-state index is 0.460. The van der Waals surface area contributed by atoms with Gasteiger partial charge in [-0.2, -0.15) is 10.1 Å². The Bertz CT molecular complexity index is 1220. The molecule has 0 saturated heterocycles. The van der Waals surface area contributed by atoms with Gasteiger partial charge in [0.1, 0.15) is 5.82 Å². The molecule has 2 aromatic carbocycles. The summed E-state index contributed by atoms with van der Waals surface area (Å²) in [5, 5.41) is 16.4. The summed E-state index contributed by atoms with van der Waals surface area (Å²) in [6.07, 6.45) is 4.79. The summed E-state index contributed by atoms with van der Waals surface area (Å²) in [5.74, 6) is 1.13. The van der Waals surface area contributed by atoms with E-state index < -0.39 is 0 Å². The molecule has 0 radical (unpaired) electrons. The Morgan fingerprint density at radius 3 is 2.94 bits per heavy atom. The van der Waals surface area contributed by atoms with Gasteiger partial charge in [-0.05, 0) is 36.4 Å². The van der Waals surface area contributed by atoms with Crippen LogP contribution in [0.15, 0.2) is 54.9 Å². The summed E-state index contributed by atoms with van der Waals surface area (Å²) in [7, 11) is 3.56. The Kier molecular flexibility index (Phi) is 5.76. The number of anilines is 5. The molecule has 158 valence electrons. The first-order valence-corrected chi connectivity index (χ1v) is 9.78. The smallest absolute Gasteiger partial charge is 0.229 e. The molecule has 4 rings (SSSR count). The van der Waals surface area contributed by atoms with Gasteiger partial charge in [0.2, 0.25) is 5.95 Å². The first kappa shape index (κ1) is 20.3. The van der Waals surface area contributed by atoms with Crippen molar-refractivity contribution in [3.8, 4) is 0 Å². The molecule has 0 spiro atoms. The predicted molar refractivity (Wildman–Crippen MR) is 124 cm³/mol. The van der Waals surface area contributed by atoms with E-state index >= 15 is 0 Å². The molecule has 0 aliphatic rings. The third-order valence-electron chi connectivity index (χ3n) is 4.99. The van der Waals surface area contributed by atoms with Crippen molar-refractivity contribution >= 4 is 45.9 Å². The molecule has 0 aliphatic carbocycles. The lowest BCUT2D eigenvalue weighted by atomic mass is 10.1. The Labute approximate surface area is 180 Å². The average Bonchev–Trinajstić information content (AvgIpc) is 3.15. The maximum atomic E-state index is 7.80. The highest BCUT2D eigenvalue weighted by molar-refractivity contribution is 5.94. The van der Waals surface area contributed by atoms with E-state index in [0.29, 0.717) is 36.2 Å². The van der Waals surface area contributed by atoms with E-state index in [4.69, 9.17) is 20.9 Å². The number of hydrogen-bond acceptors (Lipinski definition) is 8. The number of nitrogens with two attached hydrogens (primary N) is 1. The van der Waals surface area contributed by atoms with Crippen LogP contribution in [0, 0.1) is 5.41 Å². The Morgan fingerprint density at radius 2 is 2.13 bits per heavy atom. The van der Waals surface area contributed by atoms with Crippen LogP contribution in [0.4, 0.5) is 28.8 Å². The van der Waals surface area contributed by atoms with Gasteiger partial charge >= 0.3 is 0 Å². The van der Waals surface area contributed by atoms with E-state index in [0.717, 1.165) is 22.3 Å². The zero-order valence-corrected chi connectivity index (χ0v) is 17.4. The highest BCUT2D eigenvalue weighted by Crippen LogP contribution is 2.30. The molecule has 0 unspecified atom stereocenters. The van der Waals surface area contributed by atoms with Gasteiger partial charge < -0.3 is 26.1 Å². The maximum Gasteiger partial charge on any atom is 0.229 e. The number of benzene rings is 2. The second kappa shape index (κ2) is 8.80. The normalized spacial score (nSPS) is 10.9. The van der Waals surface area contributed by atoms with E-state index in [1.54, 1.807) is 19.4 Å². The molecule has 4 aromatic rings. The Balaban J connectivity index is 1.68. The van der Waals surface area contributed by atoms with Gasteiger partial charge in [0.15, 0.2) is 0 Å². The molecule has 0 fully saturated rings. The number of nitrogens with one attached hydrogen (secondary N) is 2. The second-order valence-electron chi connectivity index (χ2n) is 6.97. The van der Waals surface area contributed by atoms with Crippen LogP contribution < -0.4 is 16.0 Å². The number of rotatable bonds is 8. The van der Waals surface area contributed by atoms with Crippen LogP contribution in [0.3, 0.4) is 0 Å². The minimum Gasteiger partial charge on any atom is -0.398 e.